The topological polar surface area (TPSA) is 64.3 Å². The molecule has 0 saturated heterocycles. The van der Waals surface area contributed by atoms with E-state index in [4.69, 9.17) is 10.5 Å². The van der Waals surface area contributed by atoms with Gasteiger partial charge in [0.2, 0.25) is 0 Å². The molecule has 0 heterocycles. The van der Waals surface area contributed by atoms with Crippen molar-refractivity contribution in [3.63, 3.8) is 0 Å². The highest BCUT2D eigenvalue weighted by molar-refractivity contribution is 5.75. The molecule has 0 radical (unpaired) electrons. The van der Waals surface area contributed by atoms with E-state index in [0.29, 0.717) is 18.0 Å². The molecular weight excluding hydrogens is 199 g/mol. The van der Waals surface area contributed by atoms with Crippen molar-refractivity contribution < 1.29 is 13.9 Å². The maximum Gasteiger partial charge on any atom is 0.325 e. The first-order valence-electron chi connectivity index (χ1n) is 4.57. The molecule has 3 N–H and O–H groups in total. The zero-order valence-electron chi connectivity index (χ0n) is 8.42. The van der Waals surface area contributed by atoms with Gasteiger partial charge in [-0.3, -0.25) is 4.79 Å². The Morgan fingerprint density at radius 3 is 2.87 bits per heavy atom. The lowest BCUT2D eigenvalue weighted by Crippen LogP contribution is -2.16. The molecule has 0 saturated carbocycles. The van der Waals surface area contributed by atoms with Gasteiger partial charge in [0.15, 0.2) is 0 Å². The first kappa shape index (κ1) is 11.3. The van der Waals surface area contributed by atoms with Crippen molar-refractivity contribution in [3.8, 4) is 0 Å². The highest BCUT2D eigenvalue weighted by Gasteiger charge is 2.02. The van der Waals surface area contributed by atoms with Gasteiger partial charge in [0.25, 0.3) is 0 Å². The lowest BCUT2D eigenvalue weighted by atomic mass is 10.2. The fraction of sp³-hybridized carbons (Fsp3) is 0.300. The Morgan fingerprint density at radius 1 is 1.53 bits per heavy atom. The van der Waals surface area contributed by atoms with Crippen LogP contribution >= 0.6 is 0 Å². The number of halogens is 1. The van der Waals surface area contributed by atoms with Crippen LogP contribution in [0, 0.1) is 5.82 Å². The molecule has 15 heavy (non-hydrogen) atoms. The van der Waals surface area contributed by atoms with Gasteiger partial charge in [0.1, 0.15) is 12.4 Å². The van der Waals surface area contributed by atoms with Crippen LogP contribution in [0.3, 0.4) is 0 Å². The van der Waals surface area contributed by atoms with E-state index >= 15 is 0 Å². The second-order valence-corrected chi connectivity index (χ2v) is 2.93. The Morgan fingerprint density at radius 2 is 2.27 bits per heavy atom. The van der Waals surface area contributed by atoms with Crippen LogP contribution in [0.15, 0.2) is 18.2 Å². The summed E-state index contributed by atoms with van der Waals surface area (Å²) in [7, 11) is 0. The summed E-state index contributed by atoms with van der Waals surface area (Å²) >= 11 is 0. The maximum absolute atomic E-state index is 12.9. The summed E-state index contributed by atoms with van der Waals surface area (Å²) < 4.78 is 17.6. The van der Waals surface area contributed by atoms with Crippen molar-refractivity contribution in [2.24, 2.45) is 0 Å². The van der Waals surface area contributed by atoms with Crippen LogP contribution in [0.5, 0.6) is 0 Å². The van der Waals surface area contributed by atoms with Crippen molar-refractivity contribution >= 4 is 17.3 Å². The summed E-state index contributed by atoms with van der Waals surface area (Å²) in [5.74, 6) is -0.832. The molecule has 0 aliphatic heterocycles. The summed E-state index contributed by atoms with van der Waals surface area (Å²) in [4.78, 5) is 11.0. The molecule has 0 bridgehead atoms. The smallest absolute Gasteiger partial charge is 0.325 e. The molecule has 0 unspecified atom stereocenters. The SMILES string of the molecule is CCOC(=O)CNc1cc(N)cc(F)c1. The molecule has 0 aromatic heterocycles. The van der Waals surface area contributed by atoms with Gasteiger partial charge in [0.05, 0.1) is 6.61 Å². The van der Waals surface area contributed by atoms with E-state index in [-0.39, 0.29) is 12.5 Å². The molecule has 0 aliphatic rings. The Balaban J connectivity index is 2.54. The number of benzene rings is 1. The minimum Gasteiger partial charge on any atom is -0.465 e. The van der Waals surface area contributed by atoms with Gasteiger partial charge in [0, 0.05) is 11.4 Å². The number of nitrogen functional groups attached to an aromatic ring is 1. The number of esters is 1. The minimum atomic E-state index is -0.443. The van der Waals surface area contributed by atoms with E-state index in [1.165, 1.54) is 12.1 Å². The highest BCUT2D eigenvalue weighted by atomic mass is 19.1. The van der Waals surface area contributed by atoms with Gasteiger partial charge >= 0.3 is 5.97 Å². The largest absolute Gasteiger partial charge is 0.465 e. The second-order valence-electron chi connectivity index (χ2n) is 2.93. The van der Waals surface area contributed by atoms with Crippen LogP contribution in [0.2, 0.25) is 0 Å². The van der Waals surface area contributed by atoms with Crippen molar-refractivity contribution in [1.29, 1.82) is 0 Å². The van der Waals surface area contributed by atoms with E-state index < -0.39 is 5.82 Å². The van der Waals surface area contributed by atoms with Crippen LogP contribution < -0.4 is 11.1 Å². The summed E-state index contributed by atoms with van der Waals surface area (Å²) in [5.41, 5.74) is 6.19. The normalized spacial score (nSPS) is 9.73. The van der Waals surface area contributed by atoms with E-state index in [9.17, 15) is 9.18 Å². The predicted octanol–water partition coefficient (Wildman–Crippen LogP) is 1.38. The number of hydrogen-bond donors (Lipinski definition) is 2. The molecule has 0 atom stereocenters. The van der Waals surface area contributed by atoms with Crippen molar-refractivity contribution in [3.05, 3.63) is 24.0 Å². The van der Waals surface area contributed by atoms with Gasteiger partial charge in [-0.25, -0.2) is 4.39 Å². The van der Waals surface area contributed by atoms with Crippen molar-refractivity contribution in [1.82, 2.24) is 0 Å². The fourth-order valence-corrected chi connectivity index (χ4v) is 1.10. The number of hydrogen-bond acceptors (Lipinski definition) is 4. The van der Waals surface area contributed by atoms with Gasteiger partial charge in [-0.05, 0) is 25.1 Å². The fourth-order valence-electron chi connectivity index (χ4n) is 1.10. The van der Waals surface area contributed by atoms with Crippen molar-refractivity contribution in [2.75, 3.05) is 24.2 Å². The Hall–Kier alpha value is -1.78. The van der Waals surface area contributed by atoms with Gasteiger partial charge in [-0.15, -0.1) is 0 Å². The van der Waals surface area contributed by atoms with Crippen LogP contribution in [0.4, 0.5) is 15.8 Å². The predicted molar refractivity (Wildman–Crippen MR) is 55.9 cm³/mol. The van der Waals surface area contributed by atoms with E-state index in [1.807, 2.05) is 0 Å². The summed E-state index contributed by atoms with van der Waals surface area (Å²) in [6.07, 6.45) is 0. The zero-order chi connectivity index (χ0) is 11.3. The first-order chi connectivity index (χ1) is 7.11. The maximum atomic E-state index is 12.9. The number of carbonyl (C=O) groups excluding carboxylic acids is 1. The van der Waals surface area contributed by atoms with Gasteiger partial charge in [-0.1, -0.05) is 0 Å². The minimum absolute atomic E-state index is 0.00324. The number of carbonyl (C=O) groups is 1. The van der Waals surface area contributed by atoms with Crippen LogP contribution in [-0.4, -0.2) is 19.1 Å². The standard InChI is InChI=1S/C10H13FN2O2/c1-2-15-10(14)6-13-9-4-7(11)3-8(12)5-9/h3-5,13H,2,6,12H2,1H3. The number of anilines is 2. The zero-order valence-corrected chi connectivity index (χ0v) is 8.42. The van der Waals surface area contributed by atoms with Crippen LogP contribution in [0.1, 0.15) is 6.92 Å². The summed E-state index contributed by atoms with van der Waals surface area (Å²) in [6, 6.07) is 4.01. The number of rotatable bonds is 4. The molecule has 0 amide bonds. The van der Waals surface area contributed by atoms with Crippen LogP contribution in [-0.2, 0) is 9.53 Å². The molecule has 0 spiro atoms. The van der Waals surface area contributed by atoms with Gasteiger partial charge < -0.3 is 15.8 Å². The summed E-state index contributed by atoms with van der Waals surface area (Å²) in [5, 5.41) is 2.72. The quantitative estimate of drug-likeness (QED) is 0.584. The Kier molecular flexibility index (Phi) is 3.91. The van der Waals surface area contributed by atoms with E-state index in [2.05, 4.69) is 5.32 Å². The van der Waals surface area contributed by atoms with Gasteiger partial charge in [-0.2, -0.15) is 0 Å². The number of ether oxygens (including phenoxy) is 1. The molecule has 1 rings (SSSR count). The van der Waals surface area contributed by atoms with E-state index in [0.717, 1.165) is 0 Å². The van der Waals surface area contributed by atoms with Crippen LogP contribution in [0.25, 0.3) is 0 Å². The van der Waals surface area contributed by atoms with Crippen molar-refractivity contribution in [2.45, 2.75) is 6.92 Å². The first-order valence-corrected chi connectivity index (χ1v) is 4.57. The summed E-state index contributed by atoms with van der Waals surface area (Å²) in [6.45, 7) is 2.04. The second kappa shape index (κ2) is 5.19. The molecular formula is C10H13FN2O2. The molecule has 0 aliphatic carbocycles. The average Bonchev–Trinajstić information content (AvgIpc) is 2.14. The lowest BCUT2D eigenvalue weighted by molar-refractivity contribution is -0.140. The molecule has 82 valence electrons. The molecule has 1 aromatic rings. The molecule has 4 nitrogen and oxygen atoms in total. The Labute approximate surface area is 87.2 Å². The monoisotopic (exact) mass is 212 g/mol. The third-order valence-electron chi connectivity index (χ3n) is 1.66. The third-order valence-corrected chi connectivity index (χ3v) is 1.66. The average molecular weight is 212 g/mol. The molecule has 0 fully saturated rings. The Bertz CT molecular complexity index is 335. The number of nitrogens with one attached hydrogen (secondary N) is 1. The highest BCUT2D eigenvalue weighted by Crippen LogP contribution is 2.14. The number of nitrogens with two attached hydrogens (primary N) is 1. The van der Waals surface area contributed by atoms with E-state index in [1.54, 1.807) is 13.0 Å². The lowest BCUT2D eigenvalue weighted by Gasteiger charge is -2.06. The molecule has 1 aromatic carbocycles. The third kappa shape index (κ3) is 3.84. The molecule has 5 heteroatoms.